The third kappa shape index (κ3) is 7.17. The number of carbonyl (C=O) groups is 1. The standard InChI is InChI=1S/C17H21N3O3.2ClH/c1-2-10-22-14-7-3-4-8-15(14)23-17-13(6-5-9-19-17)12-20-16(21)11-18;;/h3-9H,2,10-12,18H2,1H3,(H,20,21);2*1H. The van der Waals surface area contributed by atoms with Gasteiger partial charge in [0.15, 0.2) is 11.5 Å². The fraction of sp³-hybridized carbons (Fsp3) is 0.294. The zero-order valence-corrected chi connectivity index (χ0v) is 15.6. The molecule has 0 saturated carbocycles. The molecular formula is C17H23Cl2N3O3. The third-order valence-corrected chi connectivity index (χ3v) is 3.03. The highest BCUT2D eigenvalue weighted by molar-refractivity contribution is 5.85. The highest BCUT2D eigenvalue weighted by Crippen LogP contribution is 2.31. The summed E-state index contributed by atoms with van der Waals surface area (Å²) < 4.78 is 11.6. The summed E-state index contributed by atoms with van der Waals surface area (Å²) in [5, 5.41) is 2.71. The smallest absolute Gasteiger partial charge is 0.234 e. The summed E-state index contributed by atoms with van der Waals surface area (Å²) in [5.74, 6) is 1.45. The van der Waals surface area contributed by atoms with E-state index < -0.39 is 0 Å². The molecule has 1 aromatic carbocycles. The van der Waals surface area contributed by atoms with Crippen LogP contribution in [-0.4, -0.2) is 24.0 Å². The Kier molecular flexibility index (Phi) is 11.4. The minimum atomic E-state index is -0.230. The molecule has 1 amide bonds. The predicted molar refractivity (Wildman–Crippen MR) is 102 cm³/mol. The molecule has 0 radical (unpaired) electrons. The van der Waals surface area contributed by atoms with Crippen LogP contribution in [-0.2, 0) is 11.3 Å². The number of halogens is 2. The maximum atomic E-state index is 11.3. The Morgan fingerprint density at radius 1 is 1.16 bits per heavy atom. The van der Waals surface area contributed by atoms with Crippen LogP contribution < -0.4 is 20.5 Å². The number of nitrogens with one attached hydrogen (secondary N) is 1. The van der Waals surface area contributed by atoms with Crippen molar-refractivity contribution in [1.29, 1.82) is 0 Å². The Bertz CT molecular complexity index is 657. The monoisotopic (exact) mass is 387 g/mol. The molecule has 138 valence electrons. The van der Waals surface area contributed by atoms with E-state index in [1.54, 1.807) is 12.3 Å². The molecule has 2 aromatic rings. The highest BCUT2D eigenvalue weighted by atomic mass is 35.5. The number of para-hydroxylation sites is 2. The lowest BCUT2D eigenvalue weighted by Gasteiger charge is -2.13. The molecule has 0 aliphatic rings. The molecule has 8 heteroatoms. The molecule has 0 fully saturated rings. The number of aromatic nitrogens is 1. The van der Waals surface area contributed by atoms with Gasteiger partial charge in [-0.3, -0.25) is 4.79 Å². The number of hydrogen-bond donors (Lipinski definition) is 2. The molecule has 0 atom stereocenters. The number of amides is 1. The predicted octanol–water partition coefficient (Wildman–Crippen LogP) is 3.08. The first-order valence-electron chi connectivity index (χ1n) is 7.55. The van der Waals surface area contributed by atoms with Gasteiger partial charge in [-0.2, -0.15) is 0 Å². The van der Waals surface area contributed by atoms with E-state index in [9.17, 15) is 4.79 Å². The minimum Gasteiger partial charge on any atom is -0.490 e. The van der Waals surface area contributed by atoms with Crippen LogP contribution in [0.25, 0.3) is 0 Å². The Hall–Kier alpha value is -2.02. The normalized spacial score (nSPS) is 9.36. The summed E-state index contributed by atoms with van der Waals surface area (Å²) in [6, 6.07) is 11.1. The number of nitrogens with two attached hydrogens (primary N) is 1. The average Bonchev–Trinajstić information content (AvgIpc) is 2.60. The van der Waals surface area contributed by atoms with E-state index in [4.69, 9.17) is 15.2 Å². The summed E-state index contributed by atoms with van der Waals surface area (Å²) in [4.78, 5) is 15.5. The number of ether oxygens (including phenoxy) is 2. The largest absolute Gasteiger partial charge is 0.490 e. The number of benzene rings is 1. The first kappa shape index (κ1) is 23.0. The second-order valence-corrected chi connectivity index (χ2v) is 4.85. The lowest BCUT2D eigenvalue weighted by Crippen LogP contribution is -2.29. The first-order chi connectivity index (χ1) is 11.2. The van der Waals surface area contributed by atoms with E-state index in [1.807, 2.05) is 37.3 Å². The number of nitrogens with zero attached hydrogens (tertiary/aromatic N) is 1. The fourth-order valence-corrected chi connectivity index (χ4v) is 1.89. The van der Waals surface area contributed by atoms with E-state index in [-0.39, 0.29) is 37.3 Å². The highest BCUT2D eigenvalue weighted by Gasteiger charge is 2.10. The Balaban J connectivity index is 0.00000288. The van der Waals surface area contributed by atoms with E-state index in [0.717, 1.165) is 12.0 Å². The molecule has 0 aliphatic heterocycles. The fourth-order valence-electron chi connectivity index (χ4n) is 1.89. The van der Waals surface area contributed by atoms with Gasteiger partial charge in [-0.15, -0.1) is 24.8 Å². The SMILES string of the molecule is CCCOc1ccccc1Oc1ncccc1CNC(=O)CN.Cl.Cl. The van der Waals surface area contributed by atoms with Gasteiger partial charge in [0, 0.05) is 18.3 Å². The number of carbonyl (C=O) groups excluding carboxylic acids is 1. The van der Waals surface area contributed by atoms with Gasteiger partial charge in [0.2, 0.25) is 11.8 Å². The Morgan fingerprint density at radius 3 is 2.56 bits per heavy atom. The second kappa shape index (κ2) is 12.4. The Morgan fingerprint density at radius 2 is 1.88 bits per heavy atom. The molecule has 3 N–H and O–H groups in total. The van der Waals surface area contributed by atoms with Gasteiger partial charge in [-0.05, 0) is 24.6 Å². The number of pyridine rings is 1. The van der Waals surface area contributed by atoms with Crippen molar-refractivity contribution in [1.82, 2.24) is 10.3 Å². The van der Waals surface area contributed by atoms with Crippen LogP contribution in [0.4, 0.5) is 0 Å². The molecule has 0 spiro atoms. The molecule has 2 rings (SSSR count). The van der Waals surface area contributed by atoms with Crippen LogP contribution >= 0.6 is 24.8 Å². The molecule has 0 aliphatic carbocycles. The van der Waals surface area contributed by atoms with Crippen LogP contribution in [0.3, 0.4) is 0 Å². The van der Waals surface area contributed by atoms with Crippen LogP contribution in [0.2, 0.25) is 0 Å². The summed E-state index contributed by atoms with van der Waals surface area (Å²) >= 11 is 0. The average molecular weight is 388 g/mol. The van der Waals surface area contributed by atoms with Gasteiger partial charge < -0.3 is 20.5 Å². The van der Waals surface area contributed by atoms with Crippen LogP contribution in [0.1, 0.15) is 18.9 Å². The molecule has 0 saturated heterocycles. The Labute approximate surface area is 159 Å². The summed E-state index contributed by atoms with van der Waals surface area (Å²) in [6.45, 7) is 2.91. The molecule has 6 nitrogen and oxygen atoms in total. The maximum absolute atomic E-state index is 11.3. The van der Waals surface area contributed by atoms with Crippen LogP contribution in [0.15, 0.2) is 42.6 Å². The maximum Gasteiger partial charge on any atom is 0.234 e. The van der Waals surface area contributed by atoms with Crippen molar-refractivity contribution in [3.8, 4) is 17.4 Å². The molecule has 0 unspecified atom stereocenters. The van der Waals surface area contributed by atoms with Crippen molar-refractivity contribution >= 4 is 30.7 Å². The molecule has 1 heterocycles. The van der Waals surface area contributed by atoms with Crippen LogP contribution in [0, 0.1) is 0 Å². The van der Waals surface area contributed by atoms with E-state index in [0.29, 0.717) is 30.5 Å². The lowest BCUT2D eigenvalue weighted by molar-refractivity contribution is -0.119. The first-order valence-corrected chi connectivity index (χ1v) is 7.55. The van der Waals surface area contributed by atoms with Gasteiger partial charge in [0.25, 0.3) is 0 Å². The second-order valence-electron chi connectivity index (χ2n) is 4.85. The van der Waals surface area contributed by atoms with E-state index in [2.05, 4.69) is 10.3 Å². The van der Waals surface area contributed by atoms with E-state index >= 15 is 0 Å². The topological polar surface area (TPSA) is 86.5 Å². The minimum absolute atomic E-state index is 0. The summed E-state index contributed by atoms with van der Waals surface area (Å²) in [6.07, 6.45) is 2.55. The lowest BCUT2D eigenvalue weighted by atomic mass is 10.2. The number of hydrogen-bond acceptors (Lipinski definition) is 5. The van der Waals surface area contributed by atoms with Crippen molar-refractivity contribution in [2.75, 3.05) is 13.2 Å². The van der Waals surface area contributed by atoms with Crippen molar-refractivity contribution < 1.29 is 14.3 Å². The summed E-state index contributed by atoms with van der Waals surface area (Å²) in [5.41, 5.74) is 6.05. The van der Waals surface area contributed by atoms with E-state index in [1.165, 1.54) is 0 Å². The molecule has 25 heavy (non-hydrogen) atoms. The van der Waals surface area contributed by atoms with Crippen molar-refractivity contribution in [3.63, 3.8) is 0 Å². The van der Waals surface area contributed by atoms with Crippen LogP contribution in [0.5, 0.6) is 17.4 Å². The van der Waals surface area contributed by atoms with Gasteiger partial charge >= 0.3 is 0 Å². The van der Waals surface area contributed by atoms with Gasteiger partial charge in [0.05, 0.1) is 13.2 Å². The summed E-state index contributed by atoms with van der Waals surface area (Å²) in [7, 11) is 0. The third-order valence-electron chi connectivity index (χ3n) is 3.03. The quantitative estimate of drug-likeness (QED) is 0.726. The molecule has 1 aromatic heterocycles. The van der Waals surface area contributed by atoms with Crippen molar-refractivity contribution in [2.45, 2.75) is 19.9 Å². The van der Waals surface area contributed by atoms with Crippen molar-refractivity contribution in [3.05, 3.63) is 48.2 Å². The molecule has 0 bridgehead atoms. The zero-order valence-electron chi connectivity index (χ0n) is 13.9. The van der Waals surface area contributed by atoms with Gasteiger partial charge in [-0.1, -0.05) is 25.1 Å². The number of rotatable bonds is 8. The molecular weight excluding hydrogens is 365 g/mol. The van der Waals surface area contributed by atoms with Crippen molar-refractivity contribution in [2.24, 2.45) is 5.73 Å². The zero-order chi connectivity index (χ0) is 16.5. The van der Waals surface area contributed by atoms with Gasteiger partial charge in [-0.25, -0.2) is 4.98 Å². The van der Waals surface area contributed by atoms with Gasteiger partial charge in [0.1, 0.15) is 0 Å².